The van der Waals surface area contributed by atoms with Crippen molar-refractivity contribution in [1.82, 2.24) is 9.88 Å². The van der Waals surface area contributed by atoms with Crippen molar-refractivity contribution in [2.45, 2.75) is 27.4 Å². The predicted octanol–water partition coefficient (Wildman–Crippen LogP) is 4.49. The van der Waals surface area contributed by atoms with E-state index in [2.05, 4.69) is 58.5 Å². The first-order valence-electron chi connectivity index (χ1n) is 7.60. The van der Waals surface area contributed by atoms with Gasteiger partial charge in [-0.1, -0.05) is 24.3 Å². The van der Waals surface area contributed by atoms with Crippen LogP contribution in [0.4, 0.5) is 5.69 Å². The van der Waals surface area contributed by atoms with E-state index in [4.69, 9.17) is 4.74 Å². The normalized spacial score (nSPS) is 11.0. The summed E-state index contributed by atoms with van der Waals surface area (Å²) >= 11 is 2.25. The molecule has 0 saturated heterocycles. The molecule has 0 saturated carbocycles. The Labute approximate surface area is 151 Å². The van der Waals surface area contributed by atoms with Crippen LogP contribution in [0.15, 0.2) is 35.3 Å². The Balaban J connectivity index is 2.14. The molecule has 0 aliphatic heterocycles. The Kier molecular flexibility index (Phi) is 6.38. The molecular weight excluding hydrogens is 401 g/mol. The first kappa shape index (κ1) is 17.7. The Bertz CT molecular complexity index is 701. The molecule has 1 aromatic heterocycles. The summed E-state index contributed by atoms with van der Waals surface area (Å²) in [5, 5.41) is 0. The first-order valence-corrected chi connectivity index (χ1v) is 8.68. The molecule has 0 bridgehead atoms. The number of hydrogen-bond donors (Lipinski definition) is 0. The molecule has 5 heteroatoms. The van der Waals surface area contributed by atoms with Gasteiger partial charge >= 0.3 is 0 Å². The van der Waals surface area contributed by atoms with Gasteiger partial charge in [0.1, 0.15) is 6.61 Å². The highest BCUT2D eigenvalue weighted by Crippen LogP contribution is 2.27. The van der Waals surface area contributed by atoms with Gasteiger partial charge in [-0.3, -0.25) is 0 Å². The van der Waals surface area contributed by atoms with E-state index < -0.39 is 0 Å². The van der Waals surface area contributed by atoms with Crippen LogP contribution in [-0.2, 0) is 6.61 Å². The summed E-state index contributed by atoms with van der Waals surface area (Å²) in [6, 6.07) is 10.2. The van der Waals surface area contributed by atoms with Crippen LogP contribution in [0.3, 0.4) is 0 Å². The molecule has 1 aromatic carbocycles. The third kappa shape index (κ3) is 4.92. The zero-order valence-electron chi connectivity index (χ0n) is 14.0. The molecule has 0 aliphatic rings. The molecule has 0 N–H and O–H groups in total. The van der Waals surface area contributed by atoms with Crippen LogP contribution in [0, 0.1) is 17.4 Å². The molecule has 0 unspecified atom stereocenters. The highest BCUT2D eigenvalue weighted by atomic mass is 127. The van der Waals surface area contributed by atoms with E-state index in [1.165, 1.54) is 11.1 Å². The van der Waals surface area contributed by atoms with Gasteiger partial charge in [0.25, 0.3) is 0 Å². The molecule has 23 heavy (non-hydrogen) atoms. The zero-order valence-corrected chi connectivity index (χ0v) is 16.2. The highest BCUT2D eigenvalue weighted by molar-refractivity contribution is 14.1. The van der Waals surface area contributed by atoms with E-state index in [1.54, 1.807) is 0 Å². The lowest BCUT2D eigenvalue weighted by atomic mass is 10.1. The van der Waals surface area contributed by atoms with Crippen molar-refractivity contribution < 1.29 is 4.74 Å². The maximum Gasteiger partial charge on any atom is 0.227 e. The van der Waals surface area contributed by atoms with Crippen LogP contribution in [0.2, 0.25) is 0 Å². The maximum atomic E-state index is 5.91. The van der Waals surface area contributed by atoms with Crippen molar-refractivity contribution in [2.24, 2.45) is 4.99 Å². The quantitative estimate of drug-likeness (QED) is 0.390. The molecule has 0 aliphatic carbocycles. The largest absolute Gasteiger partial charge is 0.472 e. The molecule has 122 valence electrons. The summed E-state index contributed by atoms with van der Waals surface area (Å²) in [4.78, 5) is 11.1. The Morgan fingerprint density at radius 2 is 2.04 bits per heavy atom. The van der Waals surface area contributed by atoms with Gasteiger partial charge in [-0.2, -0.15) is 0 Å². The van der Waals surface area contributed by atoms with Crippen LogP contribution >= 0.6 is 22.6 Å². The van der Waals surface area contributed by atoms with Gasteiger partial charge in [-0.15, -0.1) is 0 Å². The van der Waals surface area contributed by atoms with Gasteiger partial charge in [-0.25, -0.2) is 9.98 Å². The van der Waals surface area contributed by atoms with Gasteiger partial charge in [0.15, 0.2) is 0 Å². The molecule has 0 amide bonds. The lowest BCUT2D eigenvalue weighted by molar-refractivity contribution is 0.290. The number of rotatable bonds is 6. The summed E-state index contributed by atoms with van der Waals surface area (Å²) in [7, 11) is 2.00. The van der Waals surface area contributed by atoms with Crippen molar-refractivity contribution in [1.29, 1.82) is 0 Å². The number of hydrogen-bond acceptors (Lipinski definition) is 3. The lowest BCUT2D eigenvalue weighted by Gasteiger charge is -2.12. The predicted molar refractivity (Wildman–Crippen MR) is 104 cm³/mol. The summed E-state index contributed by atoms with van der Waals surface area (Å²) in [5.41, 5.74) is 4.14. The van der Waals surface area contributed by atoms with Gasteiger partial charge in [0.05, 0.1) is 21.3 Å². The van der Waals surface area contributed by atoms with Gasteiger partial charge in [-0.05, 0) is 60.6 Å². The minimum atomic E-state index is 0.524. The van der Waals surface area contributed by atoms with E-state index in [1.807, 2.05) is 43.4 Å². The molecule has 0 atom stereocenters. The average Bonchev–Trinajstić information content (AvgIpc) is 2.54. The fraction of sp³-hybridized carbons (Fsp3) is 0.333. The van der Waals surface area contributed by atoms with Crippen LogP contribution in [0.1, 0.15) is 23.7 Å². The molecule has 0 fully saturated rings. The number of halogens is 1. The maximum absolute atomic E-state index is 5.91. The van der Waals surface area contributed by atoms with Crippen LogP contribution in [0.25, 0.3) is 0 Å². The summed E-state index contributed by atoms with van der Waals surface area (Å²) < 4.78 is 6.87. The second kappa shape index (κ2) is 8.29. The number of ether oxygens (including phenoxy) is 1. The number of pyridine rings is 1. The smallest absolute Gasteiger partial charge is 0.227 e. The topological polar surface area (TPSA) is 37.7 Å². The fourth-order valence-corrected chi connectivity index (χ4v) is 2.51. The summed E-state index contributed by atoms with van der Waals surface area (Å²) in [5.74, 6) is 0.661. The highest BCUT2D eigenvalue weighted by Gasteiger charge is 2.09. The average molecular weight is 423 g/mol. The SMILES string of the molecule is CCN(C)/C=N/c1cc(I)c(OCc2ccccc2C)nc1C. The number of aryl methyl sites for hydroxylation is 2. The van der Waals surface area contributed by atoms with Gasteiger partial charge in [0, 0.05) is 13.6 Å². The van der Waals surface area contributed by atoms with E-state index in [9.17, 15) is 0 Å². The summed E-state index contributed by atoms with van der Waals surface area (Å²) in [6.07, 6.45) is 1.83. The van der Waals surface area contributed by atoms with E-state index >= 15 is 0 Å². The van der Waals surface area contributed by atoms with E-state index in [0.717, 1.165) is 21.5 Å². The first-order chi connectivity index (χ1) is 11.0. The Hall–Kier alpha value is -1.63. The second-order valence-electron chi connectivity index (χ2n) is 5.41. The van der Waals surface area contributed by atoms with Gasteiger partial charge in [0.2, 0.25) is 5.88 Å². The molecule has 2 rings (SSSR count). The molecule has 2 aromatic rings. The zero-order chi connectivity index (χ0) is 16.8. The molecule has 1 heterocycles. The van der Waals surface area contributed by atoms with E-state index in [0.29, 0.717) is 12.5 Å². The van der Waals surface area contributed by atoms with Crippen LogP contribution in [-0.4, -0.2) is 29.8 Å². The van der Waals surface area contributed by atoms with Crippen molar-refractivity contribution in [2.75, 3.05) is 13.6 Å². The monoisotopic (exact) mass is 423 g/mol. The standard InChI is InChI=1S/C18H22IN3O/c1-5-22(4)12-20-17-10-16(19)18(21-14(17)3)23-11-15-9-7-6-8-13(15)2/h6-10,12H,5,11H2,1-4H3/b20-12+. The fourth-order valence-electron chi connectivity index (χ4n) is 1.94. The number of aliphatic imine (C=N–C) groups is 1. The number of aromatic nitrogens is 1. The Morgan fingerprint density at radius 1 is 1.30 bits per heavy atom. The third-order valence-electron chi connectivity index (χ3n) is 3.63. The minimum Gasteiger partial charge on any atom is -0.472 e. The number of nitrogens with zero attached hydrogens (tertiary/aromatic N) is 3. The third-order valence-corrected chi connectivity index (χ3v) is 4.40. The van der Waals surface area contributed by atoms with Gasteiger partial charge < -0.3 is 9.64 Å². The summed E-state index contributed by atoms with van der Waals surface area (Å²) in [6.45, 7) is 7.57. The van der Waals surface area contributed by atoms with Crippen molar-refractivity contribution in [3.8, 4) is 5.88 Å². The number of benzene rings is 1. The molecule has 0 radical (unpaired) electrons. The second-order valence-corrected chi connectivity index (χ2v) is 6.58. The van der Waals surface area contributed by atoms with E-state index in [-0.39, 0.29) is 0 Å². The lowest BCUT2D eigenvalue weighted by Crippen LogP contribution is -2.14. The Morgan fingerprint density at radius 3 is 2.74 bits per heavy atom. The van der Waals surface area contributed by atoms with Crippen LogP contribution in [0.5, 0.6) is 5.88 Å². The molecular formula is C18H22IN3O. The van der Waals surface area contributed by atoms with Crippen molar-refractivity contribution in [3.05, 3.63) is 50.7 Å². The van der Waals surface area contributed by atoms with Crippen LogP contribution < -0.4 is 4.74 Å². The van der Waals surface area contributed by atoms with Crippen molar-refractivity contribution in [3.63, 3.8) is 0 Å². The van der Waals surface area contributed by atoms with Crippen molar-refractivity contribution >= 4 is 34.6 Å². The molecule has 4 nitrogen and oxygen atoms in total. The minimum absolute atomic E-state index is 0.524. The molecule has 0 spiro atoms.